The van der Waals surface area contributed by atoms with Crippen molar-refractivity contribution in [2.75, 3.05) is 9.80 Å². The van der Waals surface area contributed by atoms with E-state index in [1.807, 2.05) is 79.7 Å². The largest absolute Gasteiger partial charge is 0.268 e. The second-order valence-corrected chi connectivity index (χ2v) is 21.5. The highest BCUT2D eigenvalue weighted by atomic mass is 16.2. The van der Waals surface area contributed by atoms with Crippen LogP contribution in [0.3, 0.4) is 0 Å². The van der Waals surface area contributed by atoms with Crippen LogP contribution in [0, 0.1) is 5.92 Å². The lowest BCUT2D eigenvalue weighted by molar-refractivity contribution is -0.119. The number of allylic oxidation sites excluding steroid dienone is 3. The summed E-state index contributed by atoms with van der Waals surface area (Å²) < 4.78 is 0. The zero-order chi connectivity index (χ0) is 51.5. The number of carbonyl (C=O) groups excluding carboxylic acids is 6. The summed E-state index contributed by atoms with van der Waals surface area (Å²) in [6, 6.07) is 24.0. The molecule has 5 aliphatic rings. The molecule has 1 fully saturated rings. The second-order valence-electron chi connectivity index (χ2n) is 21.5. The molecule has 1 saturated heterocycles. The number of hydrogen-bond acceptors (Lipinski definition) is 8. The van der Waals surface area contributed by atoms with Crippen molar-refractivity contribution in [1.29, 1.82) is 0 Å². The monoisotopic (exact) mass is 962 g/mol. The lowest BCUT2D eigenvalue weighted by Crippen LogP contribution is -2.31. The van der Waals surface area contributed by atoms with E-state index < -0.39 is 0 Å². The summed E-state index contributed by atoms with van der Waals surface area (Å²) in [6.45, 7) is 18.2. The molecule has 0 bridgehead atoms. The van der Waals surface area contributed by atoms with Crippen LogP contribution in [-0.2, 0) is 32.0 Å². The van der Waals surface area contributed by atoms with Crippen molar-refractivity contribution in [3.05, 3.63) is 168 Å². The summed E-state index contributed by atoms with van der Waals surface area (Å²) in [6.07, 6.45) is 15.4. The molecule has 73 heavy (non-hydrogen) atoms. The third-order valence-corrected chi connectivity index (χ3v) is 15.7. The quantitative estimate of drug-likeness (QED) is 0.0645. The van der Waals surface area contributed by atoms with Crippen molar-refractivity contribution in [2.24, 2.45) is 15.9 Å². The van der Waals surface area contributed by atoms with Crippen molar-refractivity contribution in [1.82, 2.24) is 0 Å². The molecule has 0 saturated carbocycles. The summed E-state index contributed by atoms with van der Waals surface area (Å²) in [5, 5.41) is 3.80. The number of hydrogen-bond donors (Lipinski definition) is 0. The van der Waals surface area contributed by atoms with Crippen molar-refractivity contribution >= 4 is 98.3 Å². The van der Waals surface area contributed by atoms with Crippen LogP contribution in [0.25, 0.3) is 39.8 Å². The van der Waals surface area contributed by atoms with E-state index in [2.05, 4.69) is 71.5 Å². The molecule has 11 rings (SSSR count). The van der Waals surface area contributed by atoms with Crippen LogP contribution >= 0.6 is 0 Å². The number of fused-ring (bicyclic) bond motifs is 8. The molecule has 3 aliphatic carbocycles. The number of aliphatic imine (C=N–C) groups is 2. The molecule has 2 unspecified atom stereocenters. The normalized spacial score (nSPS) is 17.7. The van der Waals surface area contributed by atoms with Crippen LogP contribution in [0.5, 0.6) is 0 Å². The first kappa shape index (κ1) is 47.2. The molecule has 0 aromatic heterocycles. The van der Waals surface area contributed by atoms with Gasteiger partial charge >= 0.3 is 0 Å². The van der Waals surface area contributed by atoms with Crippen LogP contribution in [0.4, 0.5) is 22.7 Å². The number of carbonyl (C=O) groups is 4. The highest BCUT2D eigenvalue weighted by molar-refractivity contribution is 6.38. The average Bonchev–Trinajstić information content (AvgIpc) is 3.73. The van der Waals surface area contributed by atoms with Crippen LogP contribution in [0.1, 0.15) is 168 Å². The number of isocyanates is 2. The van der Waals surface area contributed by atoms with Crippen molar-refractivity contribution < 1.29 is 28.8 Å². The second kappa shape index (κ2) is 17.6. The summed E-state index contributed by atoms with van der Waals surface area (Å²) in [4.78, 5) is 90.7. The number of nitrogens with zero attached hydrogens (tertiary/aromatic N) is 4. The van der Waals surface area contributed by atoms with Gasteiger partial charge in [-0.3, -0.25) is 19.2 Å². The van der Waals surface area contributed by atoms with Crippen LogP contribution in [0.2, 0.25) is 0 Å². The third-order valence-electron chi connectivity index (χ3n) is 15.7. The van der Waals surface area contributed by atoms with Crippen molar-refractivity contribution in [3.63, 3.8) is 0 Å². The lowest BCUT2D eigenvalue weighted by Gasteiger charge is -2.32. The van der Waals surface area contributed by atoms with E-state index in [4.69, 9.17) is 0 Å². The number of amides is 4. The Hall–Kier alpha value is -8.16. The van der Waals surface area contributed by atoms with Gasteiger partial charge in [0.25, 0.3) is 23.6 Å². The SMILES string of the molecule is CC(C)c1cc(N=C=O)cc(C(C)C)c1N1C(=O)C2=CC3=Cc4cc5c(cc4C(C)C3C=C2C1=O)CCc1cc2cc3cc4c(cc3cc2cc1C=C5)C(=O)N(c1c(C(C)C)cc(N=C=O)cc1C(C)C)C4=O. The molecular formula is C63H54N4O6. The number of benzene rings is 6. The van der Waals surface area contributed by atoms with Gasteiger partial charge in [0.1, 0.15) is 0 Å². The zero-order valence-corrected chi connectivity index (χ0v) is 42.4. The standard InChI is InChI=1S/C63H54N4O6/c1-31(2)48-24-46(64-29-68)25-49(32(3)4)58(48)66-60(70)54-21-42-17-40-14-36-10-11-38-16-44-19-45-23-56-57(63(73)67(62(56)72)59-50(33(5)6)26-47(65-30-69)27-51(59)34(7)8)28-53(45)35(9)52(44)20-39(38)13-12-37(36)15-41(40)18-43(42)22-55(54)61(66)71/h10-11,14-28,31-35,53H,12-13H2,1-9H3. The Kier molecular flexibility index (Phi) is 11.3. The Morgan fingerprint density at radius 2 is 0.932 bits per heavy atom. The smallest absolute Gasteiger partial charge is 0.266 e. The number of anilines is 2. The van der Waals surface area contributed by atoms with Crippen LogP contribution < -0.4 is 9.80 Å². The maximum Gasteiger partial charge on any atom is 0.266 e. The Morgan fingerprint density at radius 3 is 1.42 bits per heavy atom. The van der Waals surface area contributed by atoms with Crippen molar-refractivity contribution in [2.45, 2.75) is 105 Å². The Balaban J connectivity index is 0.917. The van der Waals surface area contributed by atoms with Gasteiger partial charge in [-0.25, -0.2) is 19.4 Å². The highest BCUT2D eigenvalue weighted by Gasteiger charge is 2.46. The summed E-state index contributed by atoms with van der Waals surface area (Å²) >= 11 is 0. The average molecular weight is 963 g/mol. The molecule has 2 atom stereocenters. The highest BCUT2D eigenvalue weighted by Crippen LogP contribution is 2.50. The van der Waals surface area contributed by atoms with E-state index in [-0.39, 0.29) is 59.1 Å². The minimum atomic E-state index is -0.373. The lowest BCUT2D eigenvalue weighted by atomic mass is 9.71. The van der Waals surface area contributed by atoms with Gasteiger partial charge < -0.3 is 0 Å². The van der Waals surface area contributed by atoms with Gasteiger partial charge in [-0.1, -0.05) is 98.8 Å². The van der Waals surface area contributed by atoms with Gasteiger partial charge in [0.05, 0.1) is 39.4 Å². The van der Waals surface area contributed by atoms with E-state index in [1.54, 1.807) is 36.4 Å². The number of aryl methyl sites for hydroxylation is 2. The predicted molar refractivity (Wildman–Crippen MR) is 289 cm³/mol. The van der Waals surface area contributed by atoms with Gasteiger partial charge in [-0.05, 0) is 192 Å². The van der Waals surface area contributed by atoms with Crippen LogP contribution in [0.15, 0.2) is 112 Å². The van der Waals surface area contributed by atoms with Gasteiger partial charge in [0, 0.05) is 11.5 Å². The fraction of sp³-hybridized carbons (Fsp3) is 0.270. The topological polar surface area (TPSA) is 134 Å². The summed E-state index contributed by atoms with van der Waals surface area (Å²) in [7, 11) is 0. The Bertz CT molecular complexity index is 3710. The van der Waals surface area contributed by atoms with Crippen molar-refractivity contribution in [3.8, 4) is 0 Å². The maximum atomic E-state index is 14.5. The fourth-order valence-corrected chi connectivity index (χ4v) is 11.9. The molecule has 10 heteroatoms. The predicted octanol–water partition coefficient (Wildman–Crippen LogP) is 14.0. The van der Waals surface area contributed by atoms with E-state index >= 15 is 0 Å². The van der Waals surface area contributed by atoms with Gasteiger partial charge in [0.15, 0.2) is 0 Å². The first-order valence-corrected chi connectivity index (χ1v) is 25.3. The van der Waals surface area contributed by atoms with E-state index in [0.717, 1.165) is 78.9 Å². The molecule has 4 amide bonds. The molecule has 0 spiro atoms. The maximum absolute atomic E-state index is 14.5. The molecule has 362 valence electrons. The third kappa shape index (κ3) is 7.55. The molecular weight excluding hydrogens is 909 g/mol. The first-order valence-electron chi connectivity index (χ1n) is 25.3. The van der Waals surface area contributed by atoms with E-state index in [9.17, 15) is 28.8 Å². The Morgan fingerprint density at radius 1 is 0.493 bits per heavy atom. The molecule has 0 radical (unpaired) electrons. The zero-order valence-electron chi connectivity index (χ0n) is 42.4. The minimum absolute atomic E-state index is 0.0355. The fourth-order valence-electron chi connectivity index (χ4n) is 11.9. The van der Waals surface area contributed by atoms with Gasteiger partial charge in [-0.2, -0.15) is 9.98 Å². The molecule has 0 N–H and O–H groups in total. The molecule has 6 aromatic carbocycles. The molecule has 2 heterocycles. The van der Waals surface area contributed by atoms with Gasteiger partial charge in [-0.15, -0.1) is 0 Å². The van der Waals surface area contributed by atoms with Gasteiger partial charge in [0.2, 0.25) is 12.2 Å². The Labute approximate surface area is 424 Å². The molecule has 6 aromatic rings. The van der Waals surface area contributed by atoms with Crippen LogP contribution in [-0.4, -0.2) is 35.8 Å². The molecule has 2 aliphatic heterocycles. The summed E-state index contributed by atoms with van der Waals surface area (Å²) in [5.41, 5.74) is 14.6. The number of rotatable bonds is 8. The molecule has 10 nitrogen and oxygen atoms in total. The van der Waals surface area contributed by atoms with E-state index in [1.165, 1.54) is 26.5 Å². The number of imide groups is 2. The van der Waals surface area contributed by atoms with E-state index in [0.29, 0.717) is 45.0 Å². The first-order chi connectivity index (χ1) is 35.0. The minimum Gasteiger partial charge on any atom is -0.268 e. The summed E-state index contributed by atoms with van der Waals surface area (Å²) in [5.74, 6) is -1.74.